The lowest BCUT2D eigenvalue weighted by molar-refractivity contribution is 0.104. The van der Waals surface area contributed by atoms with E-state index in [1.54, 1.807) is 11.1 Å². The van der Waals surface area contributed by atoms with Gasteiger partial charge >= 0.3 is 0 Å². The Morgan fingerprint density at radius 3 is 2.71 bits per heavy atom. The van der Waals surface area contributed by atoms with E-state index < -0.39 is 0 Å². The number of hydrogen-bond acceptors (Lipinski definition) is 1. The summed E-state index contributed by atoms with van der Waals surface area (Å²) in [7, 11) is 1.86. The van der Waals surface area contributed by atoms with Crippen molar-refractivity contribution in [3.05, 3.63) is 11.1 Å². The van der Waals surface area contributed by atoms with Crippen LogP contribution in [0, 0.1) is 5.41 Å². The zero-order valence-corrected chi connectivity index (χ0v) is 9.73. The fraction of sp³-hybridized carbons (Fsp3) is 0.846. The molecule has 14 heavy (non-hydrogen) atoms. The second-order valence-corrected chi connectivity index (χ2v) is 5.36. The van der Waals surface area contributed by atoms with Crippen LogP contribution in [-0.2, 0) is 4.74 Å². The van der Waals surface area contributed by atoms with Gasteiger partial charge in [0, 0.05) is 7.11 Å². The van der Waals surface area contributed by atoms with Gasteiger partial charge in [-0.15, -0.1) is 0 Å². The Kier molecular flexibility index (Phi) is 2.70. The van der Waals surface area contributed by atoms with Crippen LogP contribution in [0.3, 0.4) is 0 Å². The molecule has 2 aliphatic carbocycles. The smallest absolute Gasteiger partial charge is 0.0784 e. The van der Waals surface area contributed by atoms with E-state index in [0.717, 1.165) is 0 Å². The van der Waals surface area contributed by atoms with Crippen LogP contribution in [0.25, 0.3) is 0 Å². The molecule has 2 rings (SSSR count). The van der Waals surface area contributed by atoms with Gasteiger partial charge in [-0.3, -0.25) is 0 Å². The van der Waals surface area contributed by atoms with Crippen molar-refractivity contribution in [1.29, 1.82) is 0 Å². The number of hydrogen-bond donors (Lipinski definition) is 0. The third-order valence-corrected chi connectivity index (χ3v) is 4.02. The summed E-state index contributed by atoms with van der Waals surface area (Å²) in [5.41, 5.74) is 3.82. The van der Waals surface area contributed by atoms with E-state index in [1.807, 2.05) is 7.11 Å². The molecule has 0 aliphatic heterocycles. The minimum absolute atomic E-state index is 0.443. The molecule has 0 saturated heterocycles. The van der Waals surface area contributed by atoms with Crippen molar-refractivity contribution in [1.82, 2.24) is 0 Å². The van der Waals surface area contributed by atoms with Crippen LogP contribution in [0.1, 0.15) is 52.4 Å². The first-order valence-corrected chi connectivity index (χ1v) is 5.90. The molecule has 1 atom stereocenters. The van der Waals surface area contributed by atoms with Crippen molar-refractivity contribution in [3.63, 3.8) is 0 Å². The first-order chi connectivity index (χ1) is 6.65. The van der Waals surface area contributed by atoms with Crippen molar-refractivity contribution < 1.29 is 4.74 Å². The fourth-order valence-electron chi connectivity index (χ4n) is 3.21. The van der Waals surface area contributed by atoms with Crippen LogP contribution >= 0.6 is 0 Å². The van der Waals surface area contributed by atoms with E-state index in [9.17, 15) is 0 Å². The summed E-state index contributed by atoms with van der Waals surface area (Å²) in [5, 5.41) is 0. The Morgan fingerprint density at radius 2 is 2.00 bits per heavy atom. The predicted molar refractivity (Wildman–Crippen MR) is 59.3 cm³/mol. The highest BCUT2D eigenvalue weighted by Crippen LogP contribution is 2.46. The number of methoxy groups -OCH3 is 1. The van der Waals surface area contributed by atoms with Crippen molar-refractivity contribution in [2.45, 2.75) is 58.5 Å². The minimum Gasteiger partial charge on any atom is -0.377 e. The van der Waals surface area contributed by atoms with Crippen LogP contribution in [0.5, 0.6) is 0 Å². The summed E-state index contributed by atoms with van der Waals surface area (Å²) in [6.07, 6.45) is 8.33. The van der Waals surface area contributed by atoms with Crippen molar-refractivity contribution in [2.24, 2.45) is 5.41 Å². The standard InChI is InChI=1S/C13H22O/c1-13(2)9-5-6-10-11(13)7-4-8-12(10)14-3/h12H,4-9H2,1-3H3. The molecule has 1 heteroatoms. The van der Waals surface area contributed by atoms with Gasteiger partial charge < -0.3 is 4.74 Å². The van der Waals surface area contributed by atoms with E-state index in [-0.39, 0.29) is 0 Å². The maximum absolute atomic E-state index is 5.60. The Balaban J connectivity index is 2.33. The van der Waals surface area contributed by atoms with Gasteiger partial charge in [0.25, 0.3) is 0 Å². The summed E-state index contributed by atoms with van der Waals surface area (Å²) in [6, 6.07) is 0. The molecule has 0 fully saturated rings. The molecular weight excluding hydrogens is 172 g/mol. The Bertz CT molecular complexity index is 250. The first-order valence-electron chi connectivity index (χ1n) is 5.90. The zero-order valence-electron chi connectivity index (χ0n) is 9.73. The predicted octanol–water partition coefficient (Wildman–Crippen LogP) is 3.69. The fourth-order valence-corrected chi connectivity index (χ4v) is 3.21. The highest BCUT2D eigenvalue weighted by atomic mass is 16.5. The normalized spacial score (nSPS) is 31.5. The molecule has 0 aromatic rings. The molecular formula is C13H22O. The summed E-state index contributed by atoms with van der Waals surface area (Å²) < 4.78 is 5.60. The molecule has 0 heterocycles. The monoisotopic (exact) mass is 194 g/mol. The molecule has 1 nitrogen and oxygen atoms in total. The quantitative estimate of drug-likeness (QED) is 0.578. The first kappa shape index (κ1) is 10.2. The second kappa shape index (κ2) is 3.69. The lowest BCUT2D eigenvalue weighted by Crippen LogP contribution is -2.30. The van der Waals surface area contributed by atoms with Crippen molar-refractivity contribution in [3.8, 4) is 0 Å². The summed E-state index contributed by atoms with van der Waals surface area (Å²) in [6.45, 7) is 4.80. The average Bonchev–Trinajstić information content (AvgIpc) is 2.17. The Hall–Kier alpha value is -0.300. The van der Waals surface area contributed by atoms with E-state index in [2.05, 4.69) is 13.8 Å². The third kappa shape index (κ3) is 1.63. The molecule has 80 valence electrons. The average molecular weight is 194 g/mol. The molecule has 0 amide bonds. The number of ether oxygens (including phenoxy) is 1. The number of rotatable bonds is 1. The van der Waals surface area contributed by atoms with E-state index in [4.69, 9.17) is 4.74 Å². The van der Waals surface area contributed by atoms with Gasteiger partial charge in [0.05, 0.1) is 6.10 Å². The minimum atomic E-state index is 0.443. The van der Waals surface area contributed by atoms with Gasteiger partial charge in [-0.25, -0.2) is 0 Å². The molecule has 0 aromatic heterocycles. The molecule has 0 bridgehead atoms. The van der Waals surface area contributed by atoms with Crippen LogP contribution in [0.15, 0.2) is 11.1 Å². The largest absolute Gasteiger partial charge is 0.377 e. The van der Waals surface area contributed by atoms with Gasteiger partial charge in [-0.1, -0.05) is 19.4 Å². The van der Waals surface area contributed by atoms with Gasteiger partial charge in [0.15, 0.2) is 0 Å². The van der Waals surface area contributed by atoms with Crippen molar-refractivity contribution >= 4 is 0 Å². The summed E-state index contributed by atoms with van der Waals surface area (Å²) in [5.74, 6) is 0. The lowest BCUT2D eigenvalue weighted by Gasteiger charge is -2.40. The highest BCUT2D eigenvalue weighted by molar-refractivity contribution is 5.29. The van der Waals surface area contributed by atoms with Gasteiger partial charge in [0.2, 0.25) is 0 Å². The van der Waals surface area contributed by atoms with Crippen LogP contribution in [0.2, 0.25) is 0 Å². The SMILES string of the molecule is COC1CCCC2=C1CCCC2(C)C. The Labute approximate surface area is 87.5 Å². The van der Waals surface area contributed by atoms with Crippen molar-refractivity contribution in [2.75, 3.05) is 7.11 Å². The van der Waals surface area contributed by atoms with E-state index in [1.165, 1.54) is 38.5 Å². The van der Waals surface area contributed by atoms with Gasteiger partial charge in [0.1, 0.15) is 0 Å². The molecule has 1 unspecified atom stereocenters. The maximum atomic E-state index is 5.60. The van der Waals surface area contributed by atoms with Gasteiger partial charge in [-0.2, -0.15) is 0 Å². The van der Waals surface area contributed by atoms with Crippen LogP contribution in [0.4, 0.5) is 0 Å². The van der Waals surface area contributed by atoms with Crippen LogP contribution < -0.4 is 0 Å². The molecule has 0 N–H and O–H groups in total. The van der Waals surface area contributed by atoms with Gasteiger partial charge in [-0.05, 0) is 49.5 Å². The molecule has 0 spiro atoms. The highest BCUT2D eigenvalue weighted by Gasteiger charge is 2.34. The summed E-state index contributed by atoms with van der Waals surface area (Å²) in [4.78, 5) is 0. The third-order valence-electron chi connectivity index (χ3n) is 4.02. The topological polar surface area (TPSA) is 9.23 Å². The Morgan fingerprint density at radius 1 is 1.21 bits per heavy atom. The maximum Gasteiger partial charge on any atom is 0.0784 e. The van der Waals surface area contributed by atoms with E-state index in [0.29, 0.717) is 11.5 Å². The molecule has 0 radical (unpaired) electrons. The molecule has 0 saturated carbocycles. The number of allylic oxidation sites excluding steroid dienone is 1. The summed E-state index contributed by atoms with van der Waals surface area (Å²) >= 11 is 0. The van der Waals surface area contributed by atoms with E-state index >= 15 is 0 Å². The lowest BCUT2D eigenvalue weighted by atomic mass is 9.67. The molecule has 2 aliphatic rings. The zero-order chi connectivity index (χ0) is 10.2. The molecule has 0 aromatic carbocycles. The van der Waals surface area contributed by atoms with Crippen LogP contribution in [-0.4, -0.2) is 13.2 Å². The second-order valence-electron chi connectivity index (χ2n) is 5.36.